The molecule has 0 aromatic heterocycles. The second-order valence-corrected chi connectivity index (χ2v) is 5.37. The molecule has 0 aliphatic heterocycles. The molecule has 1 rings (SSSR count). The van der Waals surface area contributed by atoms with Gasteiger partial charge in [0.05, 0.1) is 4.92 Å². The largest absolute Gasteiger partial charge is 0.396 e. The van der Waals surface area contributed by atoms with Gasteiger partial charge >= 0.3 is 0 Å². The number of nitro groups is 1. The lowest BCUT2D eigenvalue weighted by Gasteiger charge is -2.29. The monoisotopic (exact) mass is 237 g/mol. The van der Waals surface area contributed by atoms with E-state index >= 15 is 0 Å². The van der Waals surface area contributed by atoms with E-state index in [0.717, 1.165) is 12.0 Å². The summed E-state index contributed by atoms with van der Waals surface area (Å²) >= 11 is 0. The molecule has 0 aliphatic rings. The highest BCUT2D eigenvalue weighted by Crippen LogP contribution is 2.29. The van der Waals surface area contributed by atoms with Gasteiger partial charge in [0.1, 0.15) is 0 Å². The zero-order valence-electron chi connectivity index (χ0n) is 10.5. The Hall–Kier alpha value is -1.42. The lowest BCUT2D eigenvalue weighted by atomic mass is 9.78. The summed E-state index contributed by atoms with van der Waals surface area (Å²) in [5.74, 6) is 0.156. The zero-order chi connectivity index (χ0) is 13.1. The van der Waals surface area contributed by atoms with Crippen LogP contribution < -0.4 is 0 Å². The van der Waals surface area contributed by atoms with Gasteiger partial charge < -0.3 is 5.11 Å². The van der Waals surface area contributed by atoms with E-state index in [0.29, 0.717) is 0 Å². The van der Waals surface area contributed by atoms with Crippen molar-refractivity contribution >= 4 is 5.69 Å². The first-order valence-electron chi connectivity index (χ1n) is 5.69. The highest BCUT2D eigenvalue weighted by Gasteiger charge is 2.24. The Kier molecular flexibility index (Phi) is 4.23. The fraction of sp³-hybridized carbons (Fsp3) is 0.538. The minimum absolute atomic E-state index is 0.0243. The van der Waals surface area contributed by atoms with Crippen LogP contribution in [0.5, 0.6) is 0 Å². The molecular weight excluding hydrogens is 218 g/mol. The molecule has 0 bridgehead atoms. The quantitative estimate of drug-likeness (QED) is 0.647. The lowest BCUT2D eigenvalue weighted by Crippen LogP contribution is -2.25. The number of aliphatic hydroxyl groups is 1. The molecule has 0 saturated heterocycles. The Morgan fingerprint density at radius 3 is 2.18 bits per heavy atom. The van der Waals surface area contributed by atoms with Crippen molar-refractivity contribution in [3.05, 3.63) is 39.9 Å². The maximum atomic E-state index is 10.5. The van der Waals surface area contributed by atoms with Crippen molar-refractivity contribution in [2.75, 3.05) is 6.61 Å². The molecule has 0 heterocycles. The minimum Gasteiger partial charge on any atom is -0.396 e. The molecule has 0 fully saturated rings. The van der Waals surface area contributed by atoms with Crippen LogP contribution in [0.25, 0.3) is 0 Å². The predicted octanol–water partition coefficient (Wildman–Crippen LogP) is 2.79. The van der Waals surface area contributed by atoms with Crippen LogP contribution in [0, 0.1) is 21.4 Å². The Balaban J connectivity index is 2.78. The number of hydrogen-bond acceptors (Lipinski definition) is 3. The third-order valence-corrected chi connectivity index (χ3v) is 3.07. The van der Waals surface area contributed by atoms with Gasteiger partial charge in [0.15, 0.2) is 0 Å². The number of rotatable bonds is 4. The van der Waals surface area contributed by atoms with Crippen molar-refractivity contribution < 1.29 is 10.0 Å². The van der Waals surface area contributed by atoms with E-state index in [1.54, 1.807) is 12.1 Å². The molecule has 0 saturated carbocycles. The summed E-state index contributed by atoms with van der Waals surface area (Å²) in [5.41, 5.74) is 1.14. The minimum atomic E-state index is -0.406. The Bertz CT molecular complexity index is 379. The molecule has 0 amide bonds. The third kappa shape index (κ3) is 3.82. The second kappa shape index (κ2) is 5.27. The van der Waals surface area contributed by atoms with E-state index in [4.69, 9.17) is 0 Å². The van der Waals surface area contributed by atoms with E-state index in [2.05, 4.69) is 20.8 Å². The fourth-order valence-corrected chi connectivity index (χ4v) is 1.68. The molecule has 1 atom stereocenters. The molecule has 1 N–H and O–H groups in total. The van der Waals surface area contributed by atoms with E-state index in [9.17, 15) is 15.2 Å². The third-order valence-electron chi connectivity index (χ3n) is 3.07. The first-order valence-corrected chi connectivity index (χ1v) is 5.69. The lowest BCUT2D eigenvalue weighted by molar-refractivity contribution is -0.384. The van der Waals surface area contributed by atoms with Gasteiger partial charge in [-0.3, -0.25) is 10.1 Å². The maximum Gasteiger partial charge on any atom is 0.269 e. The van der Waals surface area contributed by atoms with Crippen molar-refractivity contribution in [3.63, 3.8) is 0 Å². The van der Waals surface area contributed by atoms with Gasteiger partial charge in [-0.2, -0.15) is 0 Å². The molecule has 0 aliphatic carbocycles. The summed E-state index contributed by atoms with van der Waals surface area (Å²) in [6.45, 7) is 6.37. The summed E-state index contributed by atoms with van der Waals surface area (Å²) in [6.07, 6.45) is 0.734. The summed E-state index contributed by atoms with van der Waals surface area (Å²) < 4.78 is 0. The van der Waals surface area contributed by atoms with Crippen molar-refractivity contribution in [3.8, 4) is 0 Å². The average molecular weight is 237 g/mol. The second-order valence-electron chi connectivity index (χ2n) is 5.37. The van der Waals surface area contributed by atoms with Crippen molar-refractivity contribution in [1.82, 2.24) is 0 Å². The highest BCUT2D eigenvalue weighted by atomic mass is 16.6. The number of aliphatic hydroxyl groups excluding tert-OH is 1. The standard InChI is InChI=1S/C13H19NO3/c1-13(2,3)11(9-15)8-10-4-6-12(7-5-10)14(16)17/h4-7,11,15H,8-9H2,1-3H3/t11-/m0/s1. The van der Waals surface area contributed by atoms with Gasteiger partial charge in [-0.05, 0) is 23.3 Å². The van der Waals surface area contributed by atoms with Crippen molar-refractivity contribution in [2.24, 2.45) is 11.3 Å². The summed E-state index contributed by atoms with van der Waals surface area (Å²) in [6, 6.07) is 6.53. The molecule has 1 aromatic rings. The first kappa shape index (κ1) is 13.6. The molecule has 94 valence electrons. The Morgan fingerprint density at radius 1 is 1.29 bits per heavy atom. The van der Waals surface area contributed by atoms with Crippen LogP contribution in [0.15, 0.2) is 24.3 Å². The van der Waals surface area contributed by atoms with E-state index in [1.807, 2.05) is 0 Å². The zero-order valence-corrected chi connectivity index (χ0v) is 10.5. The average Bonchev–Trinajstić information content (AvgIpc) is 2.24. The van der Waals surface area contributed by atoms with Crippen LogP contribution in [-0.4, -0.2) is 16.6 Å². The Labute approximate surface area is 101 Å². The van der Waals surface area contributed by atoms with Crippen LogP contribution in [0.1, 0.15) is 26.3 Å². The Morgan fingerprint density at radius 2 is 1.82 bits per heavy atom. The molecule has 4 nitrogen and oxygen atoms in total. The first-order chi connectivity index (χ1) is 7.84. The summed E-state index contributed by atoms with van der Waals surface area (Å²) in [4.78, 5) is 10.1. The predicted molar refractivity (Wildman–Crippen MR) is 66.8 cm³/mol. The van der Waals surface area contributed by atoms with Gasteiger partial charge in [-0.15, -0.1) is 0 Å². The van der Waals surface area contributed by atoms with Crippen molar-refractivity contribution in [1.29, 1.82) is 0 Å². The van der Waals surface area contributed by atoms with E-state index in [-0.39, 0.29) is 23.6 Å². The van der Waals surface area contributed by atoms with Crippen LogP contribution in [0.2, 0.25) is 0 Å². The van der Waals surface area contributed by atoms with Crippen LogP contribution >= 0.6 is 0 Å². The molecule has 0 unspecified atom stereocenters. The number of benzene rings is 1. The molecular formula is C13H19NO3. The normalized spacial score (nSPS) is 13.4. The maximum absolute atomic E-state index is 10.5. The van der Waals surface area contributed by atoms with Gasteiger partial charge in [0.2, 0.25) is 0 Å². The topological polar surface area (TPSA) is 63.4 Å². The number of non-ortho nitro benzene ring substituents is 1. The molecule has 0 radical (unpaired) electrons. The molecule has 0 spiro atoms. The molecule has 17 heavy (non-hydrogen) atoms. The van der Waals surface area contributed by atoms with Crippen LogP contribution in [0.4, 0.5) is 5.69 Å². The van der Waals surface area contributed by atoms with Crippen molar-refractivity contribution in [2.45, 2.75) is 27.2 Å². The van der Waals surface area contributed by atoms with E-state index in [1.165, 1.54) is 12.1 Å². The van der Waals surface area contributed by atoms with Gasteiger partial charge in [0.25, 0.3) is 5.69 Å². The smallest absolute Gasteiger partial charge is 0.269 e. The summed E-state index contributed by atoms with van der Waals surface area (Å²) in [5, 5.41) is 19.9. The van der Waals surface area contributed by atoms with Gasteiger partial charge in [0, 0.05) is 18.7 Å². The van der Waals surface area contributed by atoms with Crippen LogP contribution in [-0.2, 0) is 6.42 Å². The van der Waals surface area contributed by atoms with Crippen LogP contribution in [0.3, 0.4) is 0 Å². The highest BCUT2D eigenvalue weighted by molar-refractivity contribution is 5.33. The SMILES string of the molecule is CC(C)(C)[C@H](CO)Cc1ccc([N+](=O)[O-])cc1. The fourth-order valence-electron chi connectivity index (χ4n) is 1.68. The van der Waals surface area contributed by atoms with E-state index < -0.39 is 4.92 Å². The summed E-state index contributed by atoms with van der Waals surface area (Å²) in [7, 11) is 0. The molecule has 1 aromatic carbocycles. The molecule has 4 heteroatoms. The number of nitro benzene ring substituents is 1. The number of hydrogen-bond donors (Lipinski definition) is 1. The van der Waals surface area contributed by atoms with Gasteiger partial charge in [-0.25, -0.2) is 0 Å². The number of nitrogens with zero attached hydrogens (tertiary/aromatic N) is 1. The van der Waals surface area contributed by atoms with Gasteiger partial charge in [-0.1, -0.05) is 32.9 Å².